The molecule has 3 N–H and O–H groups in total. The molecule has 0 heterocycles. The highest BCUT2D eigenvalue weighted by Gasteiger charge is 1.94. The lowest BCUT2D eigenvalue weighted by atomic mass is 10.2. The molecule has 1 rings (SSSR count). The summed E-state index contributed by atoms with van der Waals surface area (Å²) in [6.45, 7) is 0. The van der Waals surface area contributed by atoms with Crippen molar-refractivity contribution in [2.24, 2.45) is 0 Å². The summed E-state index contributed by atoms with van der Waals surface area (Å²) in [5.41, 5.74) is 0.0949. The van der Waals surface area contributed by atoms with Gasteiger partial charge in [0.15, 0.2) is 0 Å². The Morgan fingerprint density at radius 3 is 2.30 bits per heavy atom. The minimum absolute atomic E-state index is 0. The number of rotatable bonds is 0. The van der Waals surface area contributed by atoms with Crippen molar-refractivity contribution in [1.29, 1.82) is 5.26 Å². The minimum atomic E-state index is -0.458. The topological polar surface area (TPSA) is 58.8 Å². The maximum atomic E-state index is 12.4. The third-order valence-electron chi connectivity index (χ3n) is 0.994. The molecule has 0 fully saturated rings. The molecule has 1 aromatic rings. The van der Waals surface area contributed by atoms with Crippen LogP contribution in [0.1, 0.15) is 5.56 Å². The summed E-state index contributed by atoms with van der Waals surface area (Å²) in [5, 5.41) is 8.23. The van der Waals surface area contributed by atoms with Gasteiger partial charge in [-0.05, 0) is 12.1 Å². The van der Waals surface area contributed by atoms with Crippen LogP contribution in [-0.4, -0.2) is 0 Å². The molecule has 52 valence electrons. The van der Waals surface area contributed by atoms with Crippen molar-refractivity contribution in [2.45, 2.75) is 0 Å². The number of hydrogen-bond acceptors (Lipinski definition) is 2. The molecule has 0 aliphatic heterocycles. The average Bonchev–Trinajstić information content (AvgIpc) is 1.89. The SMILES string of the molecule is N.N#Cc1ccccc1F. The quantitative estimate of drug-likeness (QED) is 0.594. The van der Waals surface area contributed by atoms with Gasteiger partial charge in [-0.1, -0.05) is 12.1 Å². The summed E-state index contributed by atoms with van der Waals surface area (Å²) in [7, 11) is 0. The minimum Gasteiger partial charge on any atom is -0.344 e. The van der Waals surface area contributed by atoms with Gasteiger partial charge in [0.1, 0.15) is 11.9 Å². The molecular weight excluding hydrogens is 131 g/mol. The molecule has 0 amide bonds. The fourth-order valence-corrected chi connectivity index (χ4v) is 0.552. The van der Waals surface area contributed by atoms with E-state index in [4.69, 9.17) is 5.26 Å². The van der Waals surface area contributed by atoms with Crippen molar-refractivity contribution in [3.8, 4) is 6.07 Å². The zero-order valence-corrected chi connectivity index (χ0v) is 5.34. The van der Waals surface area contributed by atoms with Crippen LogP contribution in [-0.2, 0) is 0 Å². The molecule has 10 heavy (non-hydrogen) atoms. The Labute approximate surface area is 58.5 Å². The van der Waals surface area contributed by atoms with E-state index in [1.54, 1.807) is 18.2 Å². The highest BCUT2D eigenvalue weighted by molar-refractivity contribution is 5.29. The van der Waals surface area contributed by atoms with E-state index in [1.165, 1.54) is 12.1 Å². The Balaban J connectivity index is 0.000000810. The van der Waals surface area contributed by atoms with E-state index < -0.39 is 5.82 Å². The molecule has 3 heteroatoms. The number of nitriles is 1. The molecule has 0 unspecified atom stereocenters. The third kappa shape index (κ3) is 1.54. The van der Waals surface area contributed by atoms with Gasteiger partial charge in [-0.3, -0.25) is 0 Å². The zero-order valence-electron chi connectivity index (χ0n) is 5.34. The van der Waals surface area contributed by atoms with Crippen molar-refractivity contribution in [3.05, 3.63) is 35.6 Å². The Hall–Kier alpha value is -1.40. The first-order valence-electron chi connectivity index (χ1n) is 2.49. The highest BCUT2D eigenvalue weighted by Crippen LogP contribution is 2.02. The van der Waals surface area contributed by atoms with Gasteiger partial charge in [0.25, 0.3) is 0 Å². The van der Waals surface area contributed by atoms with Crippen LogP contribution in [0.4, 0.5) is 4.39 Å². The van der Waals surface area contributed by atoms with Crippen molar-refractivity contribution < 1.29 is 4.39 Å². The first-order chi connectivity index (χ1) is 4.34. The molecule has 0 radical (unpaired) electrons. The monoisotopic (exact) mass is 138 g/mol. The molecule has 0 aliphatic rings. The smallest absolute Gasteiger partial charge is 0.140 e. The van der Waals surface area contributed by atoms with Gasteiger partial charge >= 0.3 is 0 Å². The molecular formula is C7H7FN2. The average molecular weight is 138 g/mol. The van der Waals surface area contributed by atoms with E-state index in [0.29, 0.717) is 0 Å². The second-order valence-electron chi connectivity index (χ2n) is 1.59. The summed E-state index contributed by atoms with van der Waals surface area (Å²) in [5.74, 6) is -0.458. The van der Waals surface area contributed by atoms with Gasteiger partial charge in [-0.25, -0.2) is 4.39 Å². The van der Waals surface area contributed by atoms with Gasteiger partial charge in [-0.15, -0.1) is 0 Å². The van der Waals surface area contributed by atoms with E-state index in [2.05, 4.69) is 0 Å². The van der Waals surface area contributed by atoms with Crippen LogP contribution in [0, 0.1) is 17.1 Å². The first-order valence-corrected chi connectivity index (χ1v) is 2.49. The van der Waals surface area contributed by atoms with E-state index in [1.807, 2.05) is 0 Å². The summed E-state index contributed by atoms with van der Waals surface area (Å²) in [6, 6.07) is 7.60. The van der Waals surface area contributed by atoms with Crippen molar-refractivity contribution >= 4 is 0 Å². The zero-order chi connectivity index (χ0) is 6.69. The van der Waals surface area contributed by atoms with Gasteiger partial charge in [0, 0.05) is 0 Å². The molecule has 0 atom stereocenters. The summed E-state index contributed by atoms with van der Waals surface area (Å²) >= 11 is 0. The number of benzene rings is 1. The number of halogens is 1. The lowest BCUT2D eigenvalue weighted by molar-refractivity contribution is 0.624. The van der Waals surface area contributed by atoms with Gasteiger partial charge in [0.05, 0.1) is 5.56 Å². The maximum Gasteiger partial charge on any atom is 0.140 e. The molecule has 0 bridgehead atoms. The maximum absolute atomic E-state index is 12.4. The van der Waals surface area contributed by atoms with Crippen LogP contribution in [0.15, 0.2) is 24.3 Å². The number of nitrogens with zero attached hydrogens (tertiary/aromatic N) is 1. The second-order valence-corrected chi connectivity index (χ2v) is 1.59. The molecule has 0 spiro atoms. The molecule has 2 nitrogen and oxygen atoms in total. The van der Waals surface area contributed by atoms with Gasteiger partial charge in [-0.2, -0.15) is 5.26 Å². The Morgan fingerprint density at radius 2 is 1.90 bits per heavy atom. The van der Waals surface area contributed by atoms with E-state index in [0.717, 1.165) is 0 Å². The van der Waals surface area contributed by atoms with Crippen LogP contribution < -0.4 is 6.15 Å². The van der Waals surface area contributed by atoms with Crippen LogP contribution >= 0.6 is 0 Å². The molecule has 0 saturated carbocycles. The van der Waals surface area contributed by atoms with Crippen LogP contribution in [0.25, 0.3) is 0 Å². The summed E-state index contributed by atoms with van der Waals surface area (Å²) < 4.78 is 12.4. The highest BCUT2D eigenvalue weighted by atomic mass is 19.1. The van der Waals surface area contributed by atoms with Gasteiger partial charge < -0.3 is 6.15 Å². The van der Waals surface area contributed by atoms with E-state index in [-0.39, 0.29) is 11.7 Å². The normalized spacial score (nSPS) is 7.60. The first kappa shape index (κ1) is 8.60. The fraction of sp³-hybridized carbons (Fsp3) is 0. The predicted molar refractivity (Wildman–Crippen MR) is 36.1 cm³/mol. The van der Waals surface area contributed by atoms with E-state index in [9.17, 15) is 4.39 Å². The van der Waals surface area contributed by atoms with Crippen molar-refractivity contribution in [1.82, 2.24) is 6.15 Å². The number of hydrogen-bond donors (Lipinski definition) is 1. The standard InChI is InChI=1S/C7H4FN.H3N/c8-7-4-2-1-3-6(7)5-9;/h1-4H;1H3. The van der Waals surface area contributed by atoms with Crippen LogP contribution in [0.5, 0.6) is 0 Å². The third-order valence-corrected chi connectivity index (χ3v) is 0.994. The molecule has 1 aromatic carbocycles. The lowest BCUT2D eigenvalue weighted by Gasteiger charge is -1.86. The summed E-state index contributed by atoms with van der Waals surface area (Å²) in [6.07, 6.45) is 0. The Kier molecular flexibility index (Phi) is 3.09. The van der Waals surface area contributed by atoms with Gasteiger partial charge in [0.2, 0.25) is 0 Å². The largest absolute Gasteiger partial charge is 0.344 e. The van der Waals surface area contributed by atoms with Crippen LogP contribution in [0.3, 0.4) is 0 Å². The summed E-state index contributed by atoms with van der Waals surface area (Å²) in [4.78, 5) is 0. The molecule has 0 aliphatic carbocycles. The Bertz CT molecular complexity index is 252. The van der Waals surface area contributed by atoms with E-state index >= 15 is 0 Å². The molecule has 0 aromatic heterocycles. The predicted octanol–water partition coefficient (Wildman–Crippen LogP) is 1.86. The fourth-order valence-electron chi connectivity index (χ4n) is 0.552. The Morgan fingerprint density at radius 1 is 1.30 bits per heavy atom. The lowest BCUT2D eigenvalue weighted by Crippen LogP contribution is -1.78. The van der Waals surface area contributed by atoms with Crippen LogP contribution in [0.2, 0.25) is 0 Å². The van der Waals surface area contributed by atoms with Crippen molar-refractivity contribution in [3.63, 3.8) is 0 Å². The second kappa shape index (κ2) is 3.59. The van der Waals surface area contributed by atoms with Crippen molar-refractivity contribution in [2.75, 3.05) is 0 Å². The molecule has 0 saturated heterocycles.